The van der Waals surface area contributed by atoms with Gasteiger partial charge < -0.3 is 4.74 Å². The summed E-state index contributed by atoms with van der Waals surface area (Å²) in [5, 5.41) is 0. The summed E-state index contributed by atoms with van der Waals surface area (Å²) in [5.41, 5.74) is 4.51. The molecule has 35 heavy (non-hydrogen) atoms. The quantitative estimate of drug-likeness (QED) is 0.164. The minimum atomic E-state index is -1.58. The highest BCUT2D eigenvalue weighted by atomic mass is 19.2. The fourth-order valence-corrected chi connectivity index (χ4v) is 4.21. The first-order valence-corrected chi connectivity index (χ1v) is 11.2. The van der Waals surface area contributed by atoms with Crippen LogP contribution in [0.15, 0.2) is 78.9 Å². The average Bonchev–Trinajstić information content (AvgIpc) is 2.84. The lowest BCUT2D eigenvalue weighted by atomic mass is 9.96. The van der Waals surface area contributed by atoms with Gasteiger partial charge in [-0.15, -0.1) is 0 Å². The molecule has 1 aliphatic rings. The molecule has 6 heteroatoms. The molecule has 0 radical (unpaired) electrons. The third-order valence-electron chi connectivity index (χ3n) is 6.22. The SMILES string of the molecule is O=C1CC(CCc2ccc(-c3ccc(-c4ccc(-c5cc(F)c(F)c(F)c5)c(F)c4)cc3)cc2)O1. The number of ether oxygens (including phenoxy) is 1. The van der Waals surface area contributed by atoms with Gasteiger partial charge in [-0.1, -0.05) is 60.7 Å². The number of cyclic esters (lactones) is 1. The van der Waals surface area contributed by atoms with Crippen molar-refractivity contribution < 1.29 is 27.1 Å². The van der Waals surface area contributed by atoms with Gasteiger partial charge in [0.15, 0.2) is 17.5 Å². The van der Waals surface area contributed by atoms with Gasteiger partial charge >= 0.3 is 5.97 Å². The predicted molar refractivity (Wildman–Crippen MR) is 125 cm³/mol. The van der Waals surface area contributed by atoms with Crippen LogP contribution in [-0.2, 0) is 16.0 Å². The molecular formula is C29H20F4O2. The van der Waals surface area contributed by atoms with Gasteiger partial charge in [0, 0.05) is 5.56 Å². The molecule has 4 aromatic rings. The Morgan fingerprint density at radius 2 is 1.14 bits per heavy atom. The van der Waals surface area contributed by atoms with Crippen molar-refractivity contribution >= 4 is 5.97 Å². The minimum absolute atomic E-state index is 0.0151. The molecule has 1 unspecified atom stereocenters. The van der Waals surface area contributed by atoms with Crippen molar-refractivity contribution in [2.24, 2.45) is 0 Å². The molecule has 0 aromatic heterocycles. The molecule has 0 bridgehead atoms. The van der Waals surface area contributed by atoms with E-state index >= 15 is 0 Å². The van der Waals surface area contributed by atoms with Gasteiger partial charge in [0.25, 0.3) is 0 Å². The summed E-state index contributed by atoms with van der Waals surface area (Å²) >= 11 is 0. The third kappa shape index (κ3) is 4.83. The molecule has 1 fully saturated rings. The van der Waals surface area contributed by atoms with E-state index in [1.54, 1.807) is 6.07 Å². The van der Waals surface area contributed by atoms with E-state index in [0.29, 0.717) is 12.0 Å². The first-order valence-electron chi connectivity index (χ1n) is 11.2. The maximum absolute atomic E-state index is 14.8. The smallest absolute Gasteiger partial charge is 0.309 e. The fraction of sp³-hybridized carbons (Fsp3) is 0.138. The van der Waals surface area contributed by atoms with Gasteiger partial charge in [0.1, 0.15) is 11.9 Å². The Morgan fingerprint density at radius 1 is 0.657 bits per heavy atom. The second-order valence-electron chi connectivity index (χ2n) is 8.58. The zero-order valence-corrected chi connectivity index (χ0v) is 18.5. The van der Waals surface area contributed by atoms with E-state index in [0.717, 1.165) is 41.7 Å². The van der Waals surface area contributed by atoms with Crippen LogP contribution in [0.1, 0.15) is 18.4 Å². The summed E-state index contributed by atoms with van der Waals surface area (Å²) in [7, 11) is 0. The first kappa shape index (κ1) is 22.8. The molecule has 176 valence electrons. The second kappa shape index (κ2) is 9.37. The molecule has 0 N–H and O–H groups in total. The average molecular weight is 476 g/mol. The summed E-state index contributed by atoms with van der Waals surface area (Å²) in [5.74, 6) is -5.11. The van der Waals surface area contributed by atoms with Gasteiger partial charge in [-0.3, -0.25) is 4.79 Å². The lowest BCUT2D eigenvalue weighted by Crippen LogP contribution is -2.32. The fourth-order valence-electron chi connectivity index (χ4n) is 4.21. The Hall–Kier alpha value is -3.93. The summed E-state index contributed by atoms with van der Waals surface area (Å²) in [4.78, 5) is 10.9. The summed E-state index contributed by atoms with van der Waals surface area (Å²) < 4.78 is 60.1. The van der Waals surface area contributed by atoms with Crippen LogP contribution in [0, 0.1) is 23.3 Å². The van der Waals surface area contributed by atoms with Crippen molar-refractivity contribution in [2.45, 2.75) is 25.4 Å². The van der Waals surface area contributed by atoms with E-state index in [2.05, 4.69) is 12.1 Å². The summed E-state index contributed by atoms with van der Waals surface area (Å²) in [6.07, 6.45) is 2.20. The van der Waals surface area contributed by atoms with Crippen molar-refractivity contribution in [1.29, 1.82) is 0 Å². The number of esters is 1. The monoisotopic (exact) mass is 476 g/mol. The molecule has 5 rings (SSSR count). The molecule has 0 spiro atoms. The number of rotatable bonds is 6. The van der Waals surface area contributed by atoms with E-state index in [-0.39, 0.29) is 23.2 Å². The van der Waals surface area contributed by atoms with Crippen LogP contribution in [0.5, 0.6) is 0 Å². The van der Waals surface area contributed by atoms with Crippen molar-refractivity contribution in [3.63, 3.8) is 0 Å². The third-order valence-corrected chi connectivity index (χ3v) is 6.22. The molecule has 0 aliphatic carbocycles. The molecule has 1 atom stereocenters. The van der Waals surface area contributed by atoms with E-state index < -0.39 is 23.3 Å². The van der Waals surface area contributed by atoms with E-state index in [1.165, 1.54) is 17.7 Å². The number of aryl methyl sites for hydroxylation is 1. The zero-order chi connectivity index (χ0) is 24.5. The molecule has 2 nitrogen and oxygen atoms in total. The Kier molecular flexibility index (Phi) is 6.12. The van der Waals surface area contributed by atoms with Crippen LogP contribution in [-0.4, -0.2) is 12.1 Å². The van der Waals surface area contributed by atoms with Crippen molar-refractivity contribution in [3.8, 4) is 33.4 Å². The van der Waals surface area contributed by atoms with Gasteiger partial charge in [0.05, 0.1) is 6.42 Å². The highest BCUT2D eigenvalue weighted by Gasteiger charge is 2.27. The molecule has 0 saturated carbocycles. The van der Waals surface area contributed by atoms with Gasteiger partial charge in [-0.2, -0.15) is 0 Å². The zero-order valence-electron chi connectivity index (χ0n) is 18.5. The van der Waals surface area contributed by atoms with E-state index in [4.69, 9.17) is 4.74 Å². The molecule has 0 amide bonds. The Morgan fingerprint density at radius 3 is 1.69 bits per heavy atom. The molecule has 4 aromatic carbocycles. The molecule has 1 heterocycles. The Balaban J connectivity index is 1.29. The van der Waals surface area contributed by atoms with Crippen LogP contribution >= 0.6 is 0 Å². The van der Waals surface area contributed by atoms with Gasteiger partial charge in [-0.25, -0.2) is 17.6 Å². The number of hydrogen-bond donors (Lipinski definition) is 0. The Labute approximate surface area is 199 Å². The number of benzene rings is 4. The normalized spacial score (nSPS) is 15.0. The highest BCUT2D eigenvalue weighted by molar-refractivity contribution is 5.75. The number of carbonyl (C=O) groups excluding carboxylic acids is 1. The summed E-state index contributed by atoms with van der Waals surface area (Å²) in [6.45, 7) is 0. The van der Waals surface area contributed by atoms with Crippen LogP contribution in [0.25, 0.3) is 33.4 Å². The van der Waals surface area contributed by atoms with E-state index in [1.807, 2.05) is 36.4 Å². The van der Waals surface area contributed by atoms with Crippen LogP contribution < -0.4 is 0 Å². The standard InChI is InChI=1S/C29H20F4O2/c30-25-13-21(10-12-24(25)22-14-26(31)29(33)27(32)15-22)20-8-6-19(7-9-20)18-4-1-17(2-5-18)3-11-23-16-28(34)35-23/h1-2,4-10,12-15,23H,3,11,16H2. The largest absolute Gasteiger partial charge is 0.462 e. The molecule has 1 aliphatic heterocycles. The van der Waals surface area contributed by atoms with Crippen molar-refractivity contribution in [3.05, 3.63) is 108 Å². The van der Waals surface area contributed by atoms with Gasteiger partial charge in [0.2, 0.25) is 0 Å². The van der Waals surface area contributed by atoms with Gasteiger partial charge in [-0.05, 0) is 64.4 Å². The maximum atomic E-state index is 14.8. The number of halogens is 4. The first-order chi connectivity index (χ1) is 16.9. The van der Waals surface area contributed by atoms with E-state index in [9.17, 15) is 22.4 Å². The number of hydrogen-bond acceptors (Lipinski definition) is 2. The van der Waals surface area contributed by atoms with Crippen molar-refractivity contribution in [2.75, 3.05) is 0 Å². The topological polar surface area (TPSA) is 26.3 Å². The van der Waals surface area contributed by atoms with Crippen LogP contribution in [0.3, 0.4) is 0 Å². The van der Waals surface area contributed by atoms with Crippen LogP contribution in [0.4, 0.5) is 17.6 Å². The molecule has 1 saturated heterocycles. The lowest BCUT2D eigenvalue weighted by Gasteiger charge is -2.25. The number of carbonyl (C=O) groups is 1. The predicted octanol–water partition coefficient (Wildman–Crippen LogP) is 7.49. The van der Waals surface area contributed by atoms with Crippen LogP contribution in [0.2, 0.25) is 0 Å². The lowest BCUT2D eigenvalue weighted by molar-refractivity contribution is -0.169. The highest BCUT2D eigenvalue weighted by Crippen LogP contribution is 2.31. The Bertz CT molecular complexity index is 1360. The molecular weight excluding hydrogens is 456 g/mol. The second-order valence-corrected chi connectivity index (χ2v) is 8.58. The van der Waals surface area contributed by atoms with Crippen molar-refractivity contribution in [1.82, 2.24) is 0 Å². The summed E-state index contributed by atoms with van der Waals surface area (Å²) in [6, 6.07) is 21.7. The maximum Gasteiger partial charge on any atom is 0.309 e. The minimum Gasteiger partial charge on any atom is -0.462 e.